The van der Waals surface area contributed by atoms with Gasteiger partial charge < -0.3 is 15.0 Å². The predicted octanol–water partition coefficient (Wildman–Crippen LogP) is 1.97. The molecule has 1 saturated heterocycles. The molecular weight excluding hydrogens is 280 g/mol. The van der Waals surface area contributed by atoms with E-state index in [1.165, 1.54) is 0 Å². The molecule has 2 atom stereocenters. The average molecular weight is 304 g/mol. The van der Waals surface area contributed by atoms with Gasteiger partial charge in [-0.05, 0) is 45.2 Å². The standard InChI is InChI=1S/C17H24N2O3/c1-13-7-6-8-14(2)19(13)17(21)11-18-16(20)12-22-15-9-4-3-5-10-15/h3-5,9-10,13-14H,6-8,11-12H2,1-2H3,(H,18,20). The summed E-state index contributed by atoms with van der Waals surface area (Å²) in [5.74, 6) is 0.338. The zero-order valence-electron chi connectivity index (χ0n) is 13.2. The molecule has 0 aliphatic carbocycles. The monoisotopic (exact) mass is 304 g/mol. The van der Waals surface area contributed by atoms with Crippen LogP contribution in [0.5, 0.6) is 5.75 Å². The van der Waals surface area contributed by atoms with Crippen molar-refractivity contribution in [1.29, 1.82) is 0 Å². The first kappa shape index (κ1) is 16.3. The van der Waals surface area contributed by atoms with Crippen LogP contribution in [0.15, 0.2) is 30.3 Å². The van der Waals surface area contributed by atoms with Crippen LogP contribution in [0.3, 0.4) is 0 Å². The number of amides is 2. The van der Waals surface area contributed by atoms with Gasteiger partial charge in [0, 0.05) is 12.1 Å². The Labute approximate surface area is 131 Å². The van der Waals surface area contributed by atoms with Crippen LogP contribution < -0.4 is 10.1 Å². The molecular formula is C17H24N2O3. The second-order valence-corrected chi connectivity index (χ2v) is 5.81. The van der Waals surface area contributed by atoms with Crippen molar-refractivity contribution in [3.8, 4) is 5.75 Å². The number of nitrogens with zero attached hydrogens (tertiary/aromatic N) is 1. The van der Waals surface area contributed by atoms with Gasteiger partial charge in [0.05, 0.1) is 6.54 Å². The highest BCUT2D eigenvalue weighted by Gasteiger charge is 2.28. The first-order chi connectivity index (χ1) is 10.6. The summed E-state index contributed by atoms with van der Waals surface area (Å²) in [4.78, 5) is 25.9. The fraction of sp³-hybridized carbons (Fsp3) is 0.529. The van der Waals surface area contributed by atoms with Crippen molar-refractivity contribution in [3.63, 3.8) is 0 Å². The maximum atomic E-state index is 12.3. The molecule has 0 radical (unpaired) electrons. The van der Waals surface area contributed by atoms with Crippen LogP contribution in [0, 0.1) is 0 Å². The molecule has 1 aromatic rings. The van der Waals surface area contributed by atoms with E-state index in [4.69, 9.17) is 4.74 Å². The first-order valence-electron chi connectivity index (χ1n) is 7.83. The highest BCUT2D eigenvalue weighted by molar-refractivity contribution is 5.85. The van der Waals surface area contributed by atoms with Crippen LogP contribution in [0.4, 0.5) is 0 Å². The first-order valence-corrected chi connectivity index (χ1v) is 7.83. The van der Waals surface area contributed by atoms with E-state index in [-0.39, 0.29) is 37.0 Å². The van der Waals surface area contributed by atoms with Gasteiger partial charge in [-0.2, -0.15) is 0 Å². The number of likely N-dealkylation sites (tertiary alicyclic amines) is 1. The largest absolute Gasteiger partial charge is 0.484 e. The molecule has 1 N–H and O–H groups in total. The molecule has 5 heteroatoms. The molecule has 1 aliphatic rings. The molecule has 0 aromatic heterocycles. The van der Waals surface area contributed by atoms with E-state index >= 15 is 0 Å². The molecule has 1 fully saturated rings. The van der Waals surface area contributed by atoms with Crippen molar-refractivity contribution < 1.29 is 14.3 Å². The van der Waals surface area contributed by atoms with Crippen molar-refractivity contribution in [2.45, 2.75) is 45.2 Å². The quantitative estimate of drug-likeness (QED) is 0.905. The summed E-state index contributed by atoms with van der Waals surface area (Å²) in [6.45, 7) is 4.08. The van der Waals surface area contributed by atoms with Gasteiger partial charge in [-0.15, -0.1) is 0 Å². The molecule has 2 rings (SSSR count). The van der Waals surface area contributed by atoms with E-state index < -0.39 is 0 Å². The van der Waals surface area contributed by atoms with Crippen LogP contribution in [-0.2, 0) is 9.59 Å². The smallest absolute Gasteiger partial charge is 0.258 e. The Hall–Kier alpha value is -2.04. The molecule has 0 spiro atoms. The van der Waals surface area contributed by atoms with E-state index in [0.29, 0.717) is 5.75 Å². The number of benzene rings is 1. The lowest BCUT2D eigenvalue weighted by atomic mass is 9.97. The fourth-order valence-corrected chi connectivity index (χ4v) is 2.90. The second-order valence-electron chi connectivity index (χ2n) is 5.81. The van der Waals surface area contributed by atoms with Gasteiger partial charge >= 0.3 is 0 Å². The van der Waals surface area contributed by atoms with Crippen molar-refractivity contribution in [2.24, 2.45) is 0 Å². The average Bonchev–Trinajstić information content (AvgIpc) is 2.52. The Kier molecular flexibility index (Phi) is 5.81. The summed E-state index contributed by atoms with van der Waals surface area (Å²) in [7, 11) is 0. The van der Waals surface area contributed by atoms with E-state index in [0.717, 1.165) is 19.3 Å². The van der Waals surface area contributed by atoms with Gasteiger partial charge in [0.25, 0.3) is 5.91 Å². The summed E-state index contributed by atoms with van der Waals surface area (Å²) in [6, 6.07) is 9.63. The van der Waals surface area contributed by atoms with Gasteiger partial charge in [-0.3, -0.25) is 9.59 Å². The number of piperidine rings is 1. The van der Waals surface area contributed by atoms with Gasteiger partial charge in [0.15, 0.2) is 6.61 Å². The number of rotatable bonds is 5. The number of carbonyl (C=O) groups excluding carboxylic acids is 2. The Bertz CT molecular complexity index is 494. The van der Waals surface area contributed by atoms with Crippen LogP contribution in [0.1, 0.15) is 33.1 Å². The SMILES string of the molecule is CC1CCCC(C)N1C(=O)CNC(=O)COc1ccccc1. The second kappa shape index (κ2) is 7.82. The lowest BCUT2D eigenvalue weighted by Gasteiger charge is -2.39. The Morgan fingerprint density at radius 1 is 1.18 bits per heavy atom. The van der Waals surface area contributed by atoms with Gasteiger partial charge in [0.2, 0.25) is 5.91 Å². The maximum absolute atomic E-state index is 12.3. The van der Waals surface area contributed by atoms with Crippen LogP contribution >= 0.6 is 0 Å². The van der Waals surface area contributed by atoms with Crippen molar-refractivity contribution in [3.05, 3.63) is 30.3 Å². The van der Waals surface area contributed by atoms with Crippen LogP contribution in [-0.4, -0.2) is 41.9 Å². The summed E-state index contributed by atoms with van der Waals surface area (Å²) >= 11 is 0. The topological polar surface area (TPSA) is 58.6 Å². The van der Waals surface area contributed by atoms with Gasteiger partial charge in [-0.1, -0.05) is 18.2 Å². The van der Waals surface area contributed by atoms with Crippen molar-refractivity contribution in [1.82, 2.24) is 10.2 Å². The third kappa shape index (κ3) is 4.48. The number of hydrogen-bond acceptors (Lipinski definition) is 3. The summed E-state index contributed by atoms with van der Waals surface area (Å²) < 4.78 is 5.35. The number of nitrogens with one attached hydrogen (secondary N) is 1. The molecule has 1 heterocycles. The molecule has 120 valence electrons. The number of ether oxygens (including phenoxy) is 1. The lowest BCUT2D eigenvalue weighted by Crippen LogP contribution is -2.51. The predicted molar refractivity (Wildman–Crippen MR) is 84.6 cm³/mol. The summed E-state index contributed by atoms with van der Waals surface area (Å²) in [5.41, 5.74) is 0. The Morgan fingerprint density at radius 3 is 2.45 bits per heavy atom. The number of carbonyl (C=O) groups is 2. The molecule has 2 amide bonds. The van der Waals surface area contributed by atoms with Gasteiger partial charge in [0.1, 0.15) is 5.75 Å². The minimum Gasteiger partial charge on any atom is -0.484 e. The molecule has 0 saturated carbocycles. The number of hydrogen-bond donors (Lipinski definition) is 1. The van der Waals surface area contributed by atoms with E-state index in [9.17, 15) is 9.59 Å². The van der Waals surface area contributed by atoms with Crippen LogP contribution in [0.25, 0.3) is 0 Å². The molecule has 1 aliphatic heterocycles. The fourth-order valence-electron chi connectivity index (χ4n) is 2.90. The highest BCUT2D eigenvalue weighted by Crippen LogP contribution is 2.22. The Morgan fingerprint density at radius 2 is 1.82 bits per heavy atom. The third-order valence-electron chi connectivity index (χ3n) is 4.03. The molecule has 0 bridgehead atoms. The minimum absolute atomic E-state index is 0.0206. The Balaban J connectivity index is 1.74. The zero-order chi connectivity index (χ0) is 15.9. The summed E-state index contributed by atoms with van der Waals surface area (Å²) in [5, 5.41) is 2.64. The number of para-hydroxylation sites is 1. The van der Waals surface area contributed by atoms with Gasteiger partial charge in [-0.25, -0.2) is 0 Å². The minimum atomic E-state index is -0.283. The summed E-state index contributed by atoms with van der Waals surface area (Å²) in [6.07, 6.45) is 3.21. The van der Waals surface area contributed by atoms with E-state index in [1.807, 2.05) is 23.1 Å². The van der Waals surface area contributed by atoms with Crippen molar-refractivity contribution in [2.75, 3.05) is 13.2 Å². The molecule has 5 nitrogen and oxygen atoms in total. The third-order valence-corrected chi connectivity index (χ3v) is 4.03. The normalized spacial score (nSPS) is 21.3. The molecule has 2 unspecified atom stereocenters. The van der Waals surface area contributed by atoms with E-state index in [2.05, 4.69) is 19.2 Å². The highest BCUT2D eigenvalue weighted by atomic mass is 16.5. The van der Waals surface area contributed by atoms with E-state index in [1.54, 1.807) is 12.1 Å². The van der Waals surface area contributed by atoms with Crippen LogP contribution in [0.2, 0.25) is 0 Å². The lowest BCUT2D eigenvalue weighted by molar-refractivity contribution is -0.138. The van der Waals surface area contributed by atoms with Crippen molar-refractivity contribution >= 4 is 11.8 Å². The maximum Gasteiger partial charge on any atom is 0.258 e. The molecule has 1 aromatic carbocycles. The molecule has 22 heavy (non-hydrogen) atoms. The zero-order valence-corrected chi connectivity index (χ0v) is 13.2.